The summed E-state index contributed by atoms with van der Waals surface area (Å²) in [5.41, 5.74) is 10.7. The predicted molar refractivity (Wildman–Crippen MR) is 122 cm³/mol. The first-order valence-electron chi connectivity index (χ1n) is 9.67. The Labute approximate surface area is 179 Å². The highest BCUT2D eigenvalue weighted by Crippen LogP contribution is 2.36. The third-order valence-electron chi connectivity index (χ3n) is 5.57. The molecule has 0 aliphatic carbocycles. The fourth-order valence-corrected chi connectivity index (χ4v) is 4.20. The number of rotatable bonds is 4. The van der Waals surface area contributed by atoms with Crippen LogP contribution < -0.4 is 10.6 Å². The summed E-state index contributed by atoms with van der Waals surface area (Å²) in [7, 11) is 0. The topological polar surface area (TPSA) is 90.7 Å². The summed E-state index contributed by atoms with van der Waals surface area (Å²) in [5, 5.41) is 8.35. The summed E-state index contributed by atoms with van der Waals surface area (Å²) < 4.78 is 1.96. The first kappa shape index (κ1) is 20.0. The largest absolute Gasteiger partial charge is 0.398 e. The number of halogens is 1. The number of imidazole rings is 1. The van der Waals surface area contributed by atoms with Crippen LogP contribution >= 0.6 is 11.6 Å². The molecule has 0 radical (unpaired) electrons. The van der Waals surface area contributed by atoms with Gasteiger partial charge in [-0.05, 0) is 36.3 Å². The van der Waals surface area contributed by atoms with Crippen molar-refractivity contribution < 1.29 is 4.79 Å². The molecule has 0 spiro atoms. The van der Waals surface area contributed by atoms with Crippen LogP contribution in [0.3, 0.4) is 0 Å². The first-order chi connectivity index (χ1) is 14.4. The van der Waals surface area contributed by atoms with Crippen LogP contribution in [-0.4, -0.2) is 52.6 Å². The van der Waals surface area contributed by atoms with E-state index in [4.69, 9.17) is 22.7 Å². The molecule has 1 aliphatic rings. The monoisotopic (exact) mass is 422 g/mol. The number of amides is 1. The third-order valence-corrected chi connectivity index (χ3v) is 5.87. The summed E-state index contributed by atoms with van der Waals surface area (Å²) in [4.78, 5) is 20.4. The molecule has 3 aromatic rings. The average Bonchev–Trinajstić information content (AvgIpc) is 3.16. The van der Waals surface area contributed by atoms with Crippen LogP contribution in [0, 0.1) is 12.3 Å². The summed E-state index contributed by atoms with van der Waals surface area (Å²) in [6, 6.07) is 5.66. The maximum Gasteiger partial charge on any atom is 0.246 e. The summed E-state index contributed by atoms with van der Waals surface area (Å²) in [5.74, 6) is 0.890. The molecule has 0 saturated carbocycles. The van der Waals surface area contributed by atoms with Gasteiger partial charge < -0.3 is 20.9 Å². The zero-order chi connectivity index (χ0) is 21.4. The molecule has 1 amide bonds. The van der Waals surface area contributed by atoms with Crippen LogP contribution in [0.1, 0.15) is 11.1 Å². The van der Waals surface area contributed by atoms with E-state index in [1.807, 2.05) is 35.9 Å². The van der Waals surface area contributed by atoms with Crippen molar-refractivity contribution in [1.82, 2.24) is 14.3 Å². The summed E-state index contributed by atoms with van der Waals surface area (Å²) >= 11 is 6.70. The van der Waals surface area contributed by atoms with Gasteiger partial charge in [0.1, 0.15) is 11.5 Å². The fourth-order valence-electron chi connectivity index (χ4n) is 3.95. The molecule has 1 aromatic carbocycles. The number of carbonyl (C=O) groups excluding carboxylic acids is 1. The lowest BCUT2D eigenvalue weighted by atomic mass is 9.94. The molecule has 4 rings (SSSR count). The number of benzene rings is 1. The van der Waals surface area contributed by atoms with Gasteiger partial charge in [0, 0.05) is 55.4 Å². The number of aromatic nitrogens is 2. The number of anilines is 2. The predicted octanol–water partition coefficient (Wildman–Crippen LogP) is 3.38. The zero-order valence-electron chi connectivity index (χ0n) is 16.7. The Bertz CT molecular complexity index is 1160. The molecule has 2 aromatic heterocycles. The van der Waals surface area contributed by atoms with Gasteiger partial charge in [-0.15, -0.1) is 0 Å². The van der Waals surface area contributed by atoms with Crippen molar-refractivity contribution in [3.05, 3.63) is 59.4 Å². The van der Waals surface area contributed by atoms with E-state index in [0.717, 1.165) is 28.2 Å². The Hall–Kier alpha value is -3.32. The van der Waals surface area contributed by atoms with Gasteiger partial charge in [0.2, 0.25) is 5.91 Å². The van der Waals surface area contributed by atoms with Crippen molar-refractivity contribution >= 4 is 40.9 Å². The average molecular weight is 423 g/mol. The normalized spacial score (nSPS) is 14.2. The molecule has 154 valence electrons. The third kappa shape index (κ3) is 3.31. The van der Waals surface area contributed by atoms with Gasteiger partial charge in [-0.1, -0.05) is 24.2 Å². The van der Waals surface area contributed by atoms with Gasteiger partial charge in [0.15, 0.2) is 0 Å². The summed E-state index contributed by atoms with van der Waals surface area (Å²) in [6.07, 6.45) is 6.29. The molecular weight excluding hydrogens is 400 g/mol. The van der Waals surface area contributed by atoms with E-state index in [9.17, 15) is 4.79 Å². The van der Waals surface area contributed by atoms with Gasteiger partial charge in [0.25, 0.3) is 0 Å². The van der Waals surface area contributed by atoms with Crippen molar-refractivity contribution in [3.8, 4) is 11.1 Å². The highest BCUT2D eigenvalue weighted by molar-refractivity contribution is 6.33. The Balaban J connectivity index is 1.72. The van der Waals surface area contributed by atoms with Crippen molar-refractivity contribution in [1.29, 1.82) is 5.41 Å². The Morgan fingerprint density at radius 3 is 2.70 bits per heavy atom. The first-order valence-corrected chi connectivity index (χ1v) is 10.0. The number of fused-ring (bicyclic) bond motifs is 1. The Morgan fingerprint density at radius 1 is 1.30 bits per heavy atom. The van der Waals surface area contributed by atoms with E-state index in [2.05, 4.69) is 16.5 Å². The number of nitrogens with zero attached hydrogens (tertiary/aromatic N) is 4. The van der Waals surface area contributed by atoms with Gasteiger partial charge in [-0.2, -0.15) is 0 Å². The molecule has 0 bridgehead atoms. The van der Waals surface area contributed by atoms with E-state index in [1.165, 1.54) is 12.3 Å². The van der Waals surface area contributed by atoms with Crippen LogP contribution in [0.2, 0.25) is 5.02 Å². The number of pyridine rings is 1. The molecule has 0 unspecified atom stereocenters. The number of hydrogen-bond acceptors (Lipinski definition) is 5. The standard InChI is InChI=1S/C22H23ClN6O/c1-3-21(30)28-8-6-27(7-9-28)20-12-26-19-10-15(17(23)13-29(19)20)22-14(2)4-5-18(25)16(22)11-24/h3-5,10-13,24H,1,6-9,25H2,2H3. The lowest BCUT2D eigenvalue weighted by Crippen LogP contribution is -2.48. The maximum atomic E-state index is 11.8. The minimum absolute atomic E-state index is 0.0417. The quantitative estimate of drug-likeness (QED) is 0.383. The second-order valence-corrected chi connectivity index (χ2v) is 7.71. The van der Waals surface area contributed by atoms with Crippen LogP contribution in [-0.2, 0) is 4.79 Å². The van der Waals surface area contributed by atoms with E-state index >= 15 is 0 Å². The highest BCUT2D eigenvalue weighted by atomic mass is 35.5. The molecule has 0 atom stereocenters. The van der Waals surface area contributed by atoms with Gasteiger partial charge in [0.05, 0.1) is 11.2 Å². The zero-order valence-corrected chi connectivity index (χ0v) is 17.5. The summed E-state index contributed by atoms with van der Waals surface area (Å²) in [6.45, 7) is 8.22. The second-order valence-electron chi connectivity index (χ2n) is 7.30. The van der Waals surface area contributed by atoms with Crippen LogP contribution in [0.5, 0.6) is 0 Å². The van der Waals surface area contributed by atoms with E-state index in [0.29, 0.717) is 42.5 Å². The minimum atomic E-state index is -0.0417. The molecule has 7 nitrogen and oxygen atoms in total. The minimum Gasteiger partial charge on any atom is -0.398 e. The molecular formula is C22H23ClN6O. The van der Waals surface area contributed by atoms with Crippen LogP contribution in [0.15, 0.2) is 43.2 Å². The maximum absolute atomic E-state index is 11.8. The molecule has 1 fully saturated rings. The Morgan fingerprint density at radius 2 is 2.03 bits per heavy atom. The highest BCUT2D eigenvalue weighted by Gasteiger charge is 2.22. The van der Waals surface area contributed by atoms with Gasteiger partial charge in [-0.25, -0.2) is 4.98 Å². The lowest BCUT2D eigenvalue weighted by molar-refractivity contribution is -0.126. The van der Waals surface area contributed by atoms with Crippen molar-refractivity contribution in [2.75, 3.05) is 36.8 Å². The van der Waals surface area contributed by atoms with Crippen molar-refractivity contribution in [3.63, 3.8) is 0 Å². The van der Waals surface area contributed by atoms with E-state index < -0.39 is 0 Å². The van der Waals surface area contributed by atoms with E-state index in [-0.39, 0.29) is 5.91 Å². The van der Waals surface area contributed by atoms with Crippen molar-refractivity contribution in [2.45, 2.75) is 6.92 Å². The smallest absolute Gasteiger partial charge is 0.246 e. The molecule has 8 heteroatoms. The fraction of sp³-hybridized carbons (Fsp3) is 0.227. The number of carbonyl (C=O) groups is 1. The molecule has 3 N–H and O–H groups in total. The number of piperazine rings is 1. The molecule has 1 aliphatic heterocycles. The van der Waals surface area contributed by atoms with Gasteiger partial charge >= 0.3 is 0 Å². The molecule has 30 heavy (non-hydrogen) atoms. The van der Waals surface area contributed by atoms with Crippen LogP contribution in [0.25, 0.3) is 16.8 Å². The molecule has 1 saturated heterocycles. The van der Waals surface area contributed by atoms with Crippen molar-refractivity contribution in [2.24, 2.45) is 0 Å². The van der Waals surface area contributed by atoms with Gasteiger partial charge in [-0.3, -0.25) is 9.20 Å². The number of nitrogen functional groups attached to an aromatic ring is 1. The number of nitrogens with one attached hydrogen (secondary N) is 1. The number of nitrogens with two attached hydrogens (primary N) is 1. The lowest BCUT2D eigenvalue weighted by Gasteiger charge is -2.35. The van der Waals surface area contributed by atoms with E-state index in [1.54, 1.807) is 11.0 Å². The number of hydrogen-bond donors (Lipinski definition) is 2. The number of aryl methyl sites for hydroxylation is 1. The second kappa shape index (κ2) is 7.84. The van der Waals surface area contributed by atoms with Crippen LogP contribution in [0.4, 0.5) is 11.5 Å². The Kier molecular flexibility index (Phi) is 5.22. The SMILES string of the molecule is C=CC(=O)N1CCN(c2cnc3cc(-c4c(C)ccc(N)c4C=N)c(Cl)cn23)CC1. The molecule has 3 heterocycles.